The van der Waals surface area contributed by atoms with Gasteiger partial charge in [0.05, 0.1) is 33.7 Å². The Balaban J connectivity index is 2.22. The Morgan fingerprint density at radius 1 is 1.42 bits per heavy atom. The van der Waals surface area contributed by atoms with Gasteiger partial charge in [0.25, 0.3) is 0 Å². The molecule has 1 aromatic heterocycles. The molecule has 19 heavy (non-hydrogen) atoms. The van der Waals surface area contributed by atoms with E-state index in [9.17, 15) is 5.11 Å². The van der Waals surface area contributed by atoms with Crippen LogP contribution in [-0.2, 0) is 24.6 Å². The minimum Gasteiger partial charge on any atom is -0.389 e. The normalized spacial score (nSPS) is 31.7. The van der Waals surface area contributed by atoms with Gasteiger partial charge in [0, 0.05) is 26.3 Å². The number of ether oxygens (including phenoxy) is 1. The van der Waals surface area contributed by atoms with E-state index in [1.807, 2.05) is 25.6 Å². The lowest BCUT2D eigenvalue weighted by atomic mass is 9.84. The van der Waals surface area contributed by atoms with Gasteiger partial charge in [-0.1, -0.05) is 6.92 Å². The number of rotatable bonds is 3. The van der Waals surface area contributed by atoms with Crippen LogP contribution < -0.4 is 0 Å². The molecular weight excluding hydrogens is 308 g/mol. The number of hydrogen-bond donors (Lipinski definition) is 1. The van der Waals surface area contributed by atoms with Crippen molar-refractivity contribution in [2.75, 3.05) is 0 Å². The molecule has 1 fully saturated rings. The predicted octanol–water partition coefficient (Wildman–Crippen LogP) is 2.61. The summed E-state index contributed by atoms with van der Waals surface area (Å²) < 4.78 is 8.63. The third-order valence-corrected chi connectivity index (χ3v) is 4.71. The zero-order valence-corrected chi connectivity index (χ0v) is 13.7. The van der Waals surface area contributed by atoms with Gasteiger partial charge in [-0.3, -0.25) is 4.68 Å². The van der Waals surface area contributed by atoms with Crippen LogP contribution in [0.3, 0.4) is 0 Å². The average molecular weight is 331 g/mol. The molecule has 1 N–H and O–H groups in total. The van der Waals surface area contributed by atoms with Crippen LogP contribution in [0.2, 0.25) is 0 Å². The Morgan fingerprint density at radius 2 is 2.00 bits per heavy atom. The first kappa shape index (κ1) is 15.0. The minimum atomic E-state index is -0.696. The molecule has 0 amide bonds. The van der Waals surface area contributed by atoms with E-state index in [0.29, 0.717) is 19.3 Å². The summed E-state index contributed by atoms with van der Waals surface area (Å²) >= 11 is 3.62. The molecule has 0 radical (unpaired) electrons. The second kappa shape index (κ2) is 5.54. The Morgan fingerprint density at radius 3 is 2.47 bits per heavy atom. The fourth-order valence-electron chi connectivity index (χ4n) is 3.11. The van der Waals surface area contributed by atoms with Crippen molar-refractivity contribution in [2.24, 2.45) is 7.05 Å². The van der Waals surface area contributed by atoms with E-state index in [1.54, 1.807) is 0 Å². The minimum absolute atomic E-state index is 0.103. The molecule has 1 aliphatic heterocycles. The largest absolute Gasteiger partial charge is 0.389 e. The van der Waals surface area contributed by atoms with Crippen molar-refractivity contribution in [3.8, 4) is 0 Å². The van der Waals surface area contributed by atoms with E-state index in [2.05, 4.69) is 28.0 Å². The summed E-state index contributed by atoms with van der Waals surface area (Å²) in [5.41, 5.74) is 1.42. The Kier molecular flexibility index (Phi) is 4.38. The zero-order chi connectivity index (χ0) is 14.2. The highest BCUT2D eigenvalue weighted by Crippen LogP contribution is 2.34. The summed E-state index contributed by atoms with van der Waals surface area (Å²) in [4.78, 5) is 0. The third-order valence-electron chi connectivity index (χ3n) is 3.80. The molecule has 2 unspecified atom stereocenters. The predicted molar refractivity (Wildman–Crippen MR) is 78.2 cm³/mol. The van der Waals surface area contributed by atoms with Crippen molar-refractivity contribution in [3.63, 3.8) is 0 Å². The maximum absolute atomic E-state index is 10.9. The van der Waals surface area contributed by atoms with E-state index in [-0.39, 0.29) is 12.2 Å². The fourth-order valence-corrected chi connectivity index (χ4v) is 3.87. The molecular formula is C14H23BrN2O2. The first-order chi connectivity index (χ1) is 8.84. The van der Waals surface area contributed by atoms with E-state index in [4.69, 9.17) is 4.74 Å². The summed E-state index contributed by atoms with van der Waals surface area (Å²) in [5, 5.41) is 15.3. The van der Waals surface area contributed by atoms with Crippen molar-refractivity contribution in [1.29, 1.82) is 0 Å². The second-order valence-electron chi connectivity index (χ2n) is 5.75. The molecule has 1 aliphatic rings. The van der Waals surface area contributed by atoms with Crippen LogP contribution in [0.5, 0.6) is 0 Å². The van der Waals surface area contributed by atoms with Crippen LogP contribution >= 0.6 is 15.9 Å². The molecule has 0 aromatic carbocycles. The number of halogens is 1. The van der Waals surface area contributed by atoms with Gasteiger partial charge in [0.15, 0.2) is 0 Å². The highest BCUT2D eigenvalue weighted by molar-refractivity contribution is 9.10. The summed E-state index contributed by atoms with van der Waals surface area (Å²) in [5.74, 6) is 0. The fraction of sp³-hybridized carbons (Fsp3) is 0.786. The molecule has 0 saturated carbocycles. The van der Waals surface area contributed by atoms with Crippen LogP contribution in [0.1, 0.15) is 45.0 Å². The quantitative estimate of drug-likeness (QED) is 0.926. The smallest absolute Gasteiger partial charge is 0.0766 e. The van der Waals surface area contributed by atoms with E-state index < -0.39 is 5.60 Å². The molecule has 2 atom stereocenters. The molecule has 4 nitrogen and oxygen atoms in total. The van der Waals surface area contributed by atoms with Crippen molar-refractivity contribution >= 4 is 15.9 Å². The lowest BCUT2D eigenvalue weighted by molar-refractivity contribution is -0.131. The Hall–Kier alpha value is -0.390. The molecule has 1 saturated heterocycles. The maximum Gasteiger partial charge on any atom is 0.0766 e. The first-order valence-electron chi connectivity index (χ1n) is 6.92. The highest BCUT2D eigenvalue weighted by Gasteiger charge is 2.38. The van der Waals surface area contributed by atoms with Crippen LogP contribution in [0.4, 0.5) is 0 Å². The van der Waals surface area contributed by atoms with Gasteiger partial charge in [-0.15, -0.1) is 0 Å². The second-order valence-corrected chi connectivity index (χ2v) is 6.54. The molecule has 2 rings (SSSR count). The van der Waals surface area contributed by atoms with Crippen molar-refractivity contribution in [1.82, 2.24) is 9.78 Å². The molecule has 0 aliphatic carbocycles. The van der Waals surface area contributed by atoms with E-state index >= 15 is 0 Å². The monoisotopic (exact) mass is 330 g/mol. The SMILES string of the molecule is CCc1nn(C)c(CC2(O)CC(C)OC(C)C2)c1Br. The number of nitrogens with zero attached hydrogens (tertiary/aromatic N) is 2. The van der Waals surface area contributed by atoms with Gasteiger partial charge in [-0.25, -0.2) is 0 Å². The van der Waals surface area contributed by atoms with Gasteiger partial charge < -0.3 is 9.84 Å². The zero-order valence-electron chi connectivity index (χ0n) is 12.1. The number of aliphatic hydroxyl groups is 1. The summed E-state index contributed by atoms with van der Waals surface area (Å²) in [7, 11) is 1.94. The first-order valence-corrected chi connectivity index (χ1v) is 7.72. The van der Waals surface area contributed by atoms with Crippen LogP contribution in [0, 0.1) is 0 Å². The maximum atomic E-state index is 10.9. The van der Waals surface area contributed by atoms with Crippen LogP contribution in [0.15, 0.2) is 4.47 Å². The topological polar surface area (TPSA) is 47.3 Å². The third kappa shape index (κ3) is 3.20. The lowest BCUT2D eigenvalue weighted by Crippen LogP contribution is -2.45. The Labute approximate surface area is 123 Å². The molecule has 5 heteroatoms. The molecule has 1 aromatic rings. The average Bonchev–Trinajstić information content (AvgIpc) is 2.54. The number of aryl methyl sites for hydroxylation is 2. The standard InChI is InChI=1S/C14H23BrN2O2/c1-5-11-13(15)12(17(4)16-11)8-14(18)6-9(2)19-10(3)7-14/h9-10,18H,5-8H2,1-4H3. The number of hydrogen-bond acceptors (Lipinski definition) is 3. The van der Waals surface area contributed by atoms with Crippen molar-refractivity contribution < 1.29 is 9.84 Å². The Bertz CT molecular complexity index is 449. The lowest BCUT2D eigenvalue weighted by Gasteiger charge is -2.39. The molecule has 0 bridgehead atoms. The van der Waals surface area contributed by atoms with Gasteiger partial charge in [-0.05, 0) is 36.2 Å². The van der Waals surface area contributed by atoms with E-state index in [1.165, 1.54) is 0 Å². The van der Waals surface area contributed by atoms with Crippen molar-refractivity contribution in [3.05, 3.63) is 15.9 Å². The van der Waals surface area contributed by atoms with Gasteiger partial charge >= 0.3 is 0 Å². The van der Waals surface area contributed by atoms with Crippen LogP contribution in [0.25, 0.3) is 0 Å². The molecule has 2 heterocycles. The summed E-state index contributed by atoms with van der Waals surface area (Å²) in [6.07, 6.45) is 3.07. The highest BCUT2D eigenvalue weighted by atomic mass is 79.9. The van der Waals surface area contributed by atoms with Crippen LogP contribution in [-0.4, -0.2) is 32.7 Å². The molecule has 108 valence electrons. The van der Waals surface area contributed by atoms with E-state index in [0.717, 1.165) is 22.3 Å². The van der Waals surface area contributed by atoms with Gasteiger partial charge in [0.1, 0.15) is 0 Å². The molecule has 0 spiro atoms. The number of aromatic nitrogens is 2. The summed E-state index contributed by atoms with van der Waals surface area (Å²) in [6, 6.07) is 0. The van der Waals surface area contributed by atoms with Gasteiger partial charge in [-0.2, -0.15) is 5.10 Å². The summed E-state index contributed by atoms with van der Waals surface area (Å²) in [6.45, 7) is 6.14. The van der Waals surface area contributed by atoms with Gasteiger partial charge in [0.2, 0.25) is 0 Å². The van der Waals surface area contributed by atoms with Crippen molar-refractivity contribution in [2.45, 2.75) is 64.3 Å².